The minimum atomic E-state index is -4.33. The number of nitrogens with zero attached hydrogens (tertiary/aromatic N) is 4. The summed E-state index contributed by atoms with van der Waals surface area (Å²) in [6.07, 6.45) is -5.32. The number of likely N-dealkylation sites (tertiary alicyclic amines) is 1. The summed E-state index contributed by atoms with van der Waals surface area (Å²) in [4.78, 5) is 20.6. The number of methoxy groups -OCH3 is 1. The van der Waals surface area contributed by atoms with Gasteiger partial charge >= 0.3 is 6.18 Å². The van der Waals surface area contributed by atoms with Gasteiger partial charge in [0.1, 0.15) is 5.01 Å². The molecule has 0 radical (unpaired) electrons. The van der Waals surface area contributed by atoms with Gasteiger partial charge in [0.25, 0.3) is 0 Å². The predicted molar refractivity (Wildman–Crippen MR) is 112 cm³/mol. The number of rotatable bonds is 7. The van der Waals surface area contributed by atoms with Gasteiger partial charge in [0.15, 0.2) is 0 Å². The van der Waals surface area contributed by atoms with E-state index in [1.54, 1.807) is 11.6 Å². The smallest absolute Gasteiger partial charge is 0.377 e. The molecule has 1 aromatic carbocycles. The highest BCUT2D eigenvalue weighted by molar-refractivity contribution is 8.00. The van der Waals surface area contributed by atoms with Crippen molar-refractivity contribution in [2.24, 2.45) is 5.92 Å². The summed E-state index contributed by atoms with van der Waals surface area (Å²) in [5, 5.41) is 4.44. The van der Waals surface area contributed by atoms with Gasteiger partial charge in [-0.3, -0.25) is 4.79 Å². The van der Waals surface area contributed by atoms with E-state index in [2.05, 4.69) is 10.1 Å². The van der Waals surface area contributed by atoms with Crippen LogP contribution in [-0.4, -0.2) is 50.5 Å². The highest BCUT2D eigenvalue weighted by Crippen LogP contribution is 2.40. The Morgan fingerprint density at radius 3 is 2.71 bits per heavy atom. The van der Waals surface area contributed by atoms with Gasteiger partial charge in [-0.25, -0.2) is 9.50 Å². The molecule has 11 heteroatoms. The van der Waals surface area contributed by atoms with Gasteiger partial charge < -0.3 is 9.64 Å². The molecule has 4 rings (SSSR count). The molecule has 31 heavy (non-hydrogen) atoms. The molecule has 2 atom stereocenters. The Balaban J connectivity index is 1.59. The molecule has 0 saturated carbocycles. The molecule has 0 spiro atoms. The van der Waals surface area contributed by atoms with E-state index < -0.39 is 23.8 Å². The number of aryl methyl sites for hydroxylation is 1. The molecule has 6 nitrogen and oxygen atoms in total. The fraction of sp³-hybridized carbons (Fsp3) is 0.450. The van der Waals surface area contributed by atoms with Crippen LogP contribution in [-0.2, 0) is 22.7 Å². The Kier molecular flexibility index (Phi) is 6.27. The summed E-state index contributed by atoms with van der Waals surface area (Å²) in [6, 6.07) is 9.07. The SMILES string of the molecule is COCc1nn2c(CN3C[C@H](CC(F)(F)F)C(Sc4ccccc4)C3=O)c(C)nc2s1. The number of carbonyl (C=O) groups excluding carboxylic acids is 1. The number of imidazole rings is 1. The van der Waals surface area contributed by atoms with Crippen molar-refractivity contribution in [1.29, 1.82) is 0 Å². The molecule has 3 aromatic rings. The van der Waals surface area contributed by atoms with Gasteiger partial charge in [-0.15, -0.1) is 11.8 Å². The van der Waals surface area contributed by atoms with Crippen LogP contribution in [0.2, 0.25) is 0 Å². The zero-order chi connectivity index (χ0) is 22.2. The van der Waals surface area contributed by atoms with Gasteiger partial charge in [0.2, 0.25) is 10.9 Å². The van der Waals surface area contributed by atoms with Crippen LogP contribution in [0, 0.1) is 12.8 Å². The number of hydrogen-bond acceptors (Lipinski definition) is 6. The number of ether oxygens (including phenoxy) is 1. The molecule has 1 fully saturated rings. The van der Waals surface area contributed by atoms with Crippen LogP contribution in [0.4, 0.5) is 13.2 Å². The maximum Gasteiger partial charge on any atom is 0.389 e. The minimum absolute atomic E-state index is 0.0462. The molecule has 0 N–H and O–H groups in total. The number of hydrogen-bond donors (Lipinski definition) is 0. The number of halogens is 3. The molecule has 1 amide bonds. The first kappa shape index (κ1) is 22.1. The summed E-state index contributed by atoms with van der Waals surface area (Å²) in [5.74, 6) is -1.11. The van der Waals surface area contributed by atoms with Crippen molar-refractivity contribution in [1.82, 2.24) is 19.5 Å². The van der Waals surface area contributed by atoms with Crippen LogP contribution in [0.15, 0.2) is 35.2 Å². The summed E-state index contributed by atoms with van der Waals surface area (Å²) >= 11 is 2.59. The minimum Gasteiger partial charge on any atom is -0.377 e. The quantitative estimate of drug-likeness (QED) is 0.515. The topological polar surface area (TPSA) is 59.7 Å². The summed E-state index contributed by atoms with van der Waals surface area (Å²) in [6.45, 7) is 2.38. The molecule has 3 heterocycles. The van der Waals surface area contributed by atoms with Crippen molar-refractivity contribution in [3.63, 3.8) is 0 Å². The Morgan fingerprint density at radius 1 is 1.29 bits per heavy atom. The lowest BCUT2D eigenvalue weighted by atomic mass is 10.0. The molecule has 0 bridgehead atoms. The van der Waals surface area contributed by atoms with Crippen LogP contribution in [0.25, 0.3) is 4.96 Å². The fourth-order valence-electron chi connectivity index (χ4n) is 3.73. The molecule has 1 saturated heterocycles. The highest BCUT2D eigenvalue weighted by Gasteiger charge is 2.46. The van der Waals surface area contributed by atoms with Gasteiger partial charge in [-0.05, 0) is 19.1 Å². The third kappa shape index (κ3) is 4.88. The molecule has 1 aliphatic heterocycles. The Morgan fingerprint density at radius 2 is 2.03 bits per heavy atom. The number of carbonyl (C=O) groups is 1. The van der Waals surface area contributed by atoms with E-state index in [9.17, 15) is 18.0 Å². The Labute approximate surface area is 185 Å². The second-order valence-corrected chi connectivity index (χ2v) is 9.67. The first-order valence-electron chi connectivity index (χ1n) is 9.65. The van der Waals surface area contributed by atoms with Crippen LogP contribution < -0.4 is 0 Å². The largest absolute Gasteiger partial charge is 0.389 e. The maximum atomic E-state index is 13.2. The van der Waals surface area contributed by atoms with Crippen LogP contribution in [0.5, 0.6) is 0 Å². The van der Waals surface area contributed by atoms with E-state index in [1.165, 1.54) is 28.0 Å². The zero-order valence-electron chi connectivity index (χ0n) is 16.9. The van der Waals surface area contributed by atoms with E-state index >= 15 is 0 Å². The number of aromatic nitrogens is 3. The van der Waals surface area contributed by atoms with E-state index in [1.807, 2.05) is 37.3 Å². The van der Waals surface area contributed by atoms with Crippen molar-refractivity contribution in [3.8, 4) is 0 Å². The summed E-state index contributed by atoms with van der Waals surface area (Å²) < 4.78 is 46.5. The van der Waals surface area contributed by atoms with Gasteiger partial charge in [0, 0.05) is 30.9 Å². The third-order valence-corrected chi connectivity index (χ3v) is 7.35. The molecule has 1 aliphatic rings. The average Bonchev–Trinajstić information content (AvgIpc) is 3.30. The van der Waals surface area contributed by atoms with Crippen molar-refractivity contribution >= 4 is 34.0 Å². The van der Waals surface area contributed by atoms with Gasteiger partial charge in [-0.2, -0.15) is 18.3 Å². The fourth-order valence-corrected chi connectivity index (χ4v) is 5.89. The monoisotopic (exact) mass is 470 g/mol. The molecular weight excluding hydrogens is 449 g/mol. The van der Waals surface area contributed by atoms with Crippen molar-refractivity contribution in [2.75, 3.05) is 13.7 Å². The van der Waals surface area contributed by atoms with Crippen molar-refractivity contribution in [2.45, 2.75) is 42.8 Å². The maximum absolute atomic E-state index is 13.2. The number of thioether (sulfide) groups is 1. The number of amides is 1. The number of benzene rings is 1. The second kappa shape index (κ2) is 8.79. The van der Waals surface area contributed by atoms with Gasteiger partial charge in [0.05, 0.1) is 29.8 Å². The molecular formula is C20H21F3N4O2S2. The van der Waals surface area contributed by atoms with E-state index in [0.29, 0.717) is 23.0 Å². The molecule has 0 aliphatic carbocycles. The second-order valence-electron chi connectivity index (χ2n) is 7.42. The first-order valence-corrected chi connectivity index (χ1v) is 11.3. The van der Waals surface area contributed by atoms with Crippen molar-refractivity contribution in [3.05, 3.63) is 46.7 Å². The summed E-state index contributed by atoms with van der Waals surface area (Å²) in [7, 11) is 1.57. The summed E-state index contributed by atoms with van der Waals surface area (Å²) in [5.41, 5.74) is 1.42. The Hall–Kier alpha value is -2.11. The van der Waals surface area contributed by atoms with Crippen LogP contribution >= 0.6 is 23.1 Å². The normalized spacial score (nSPS) is 19.6. The molecule has 2 aromatic heterocycles. The predicted octanol–water partition coefficient (Wildman–Crippen LogP) is 4.32. The standard InChI is InChI=1S/C20H21F3N4O2S2/c1-12-15(27-19(24-12)31-16(25-27)11-29-2)10-26-9-13(8-20(21,22)23)17(18(26)28)30-14-6-4-3-5-7-14/h3-7,13,17H,8-11H2,1-2H3/t13-,17?/m0/s1. The zero-order valence-corrected chi connectivity index (χ0v) is 18.6. The third-order valence-electron chi connectivity index (χ3n) is 5.08. The first-order chi connectivity index (χ1) is 14.7. The van der Waals surface area contributed by atoms with E-state index in [-0.39, 0.29) is 19.0 Å². The number of alkyl halides is 3. The molecule has 166 valence electrons. The molecule has 1 unspecified atom stereocenters. The lowest BCUT2D eigenvalue weighted by Gasteiger charge is -2.17. The van der Waals surface area contributed by atoms with E-state index in [4.69, 9.17) is 4.74 Å². The van der Waals surface area contributed by atoms with Crippen LogP contribution in [0.1, 0.15) is 22.8 Å². The number of fused-ring (bicyclic) bond motifs is 1. The lowest BCUT2D eigenvalue weighted by molar-refractivity contribution is -0.143. The average molecular weight is 471 g/mol. The van der Waals surface area contributed by atoms with Gasteiger partial charge in [-0.1, -0.05) is 29.5 Å². The Bertz CT molecular complexity index is 1070. The lowest BCUT2D eigenvalue weighted by Crippen LogP contribution is -2.29. The highest BCUT2D eigenvalue weighted by atomic mass is 32.2. The van der Waals surface area contributed by atoms with Crippen LogP contribution in [0.3, 0.4) is 0 Å². The van der Waals surface area contributed by atoms with Crippen molar-refractivity contribution < 1.29 is 22.7 Å². The van der Waals surface area contributed by atoms with E-state index in [0.717, 1.165) is 9.90 Å².